The Morgan fingerprint density at radius 2 is 2.35 bits per heavy atom. The van der Waals surface area contributed by atoms with E-state index in [1.54, 1.807) is 0 Å². The first-order valence-electron chi connectivity index (χ1n) is 5.75. The Bertz CT molecular complexity index is 432. The van der Waals surface area contributed by atoms with Gasteiger partial charge in [-0.3, -0.25) is 0 Å². The first-order chi connectivity index (χ1) is 8.08. The number of thiocarbonyl (C=S) groups is 1. The van der Waals surface area contributed by atoms with Crippen LogP contribution >= 0.6 is 28.1 Å². The molecule has 1 saturated carbocycles. The Balaban J connectivity index is 2.17. The smallest absolute Gasteiger partial charge is 0.143 e. The molecule has 0 saturated heterocycles. The number of aromatic nitrogens is 1. The minimum absolute atomic E-state index is 0.568. The van der Waals surface area contributed by atoms with Gasteiger partial charge in [-0.25, -0.2) is 4.98 Å². The summed E-state index contributed by atoms with van der Waals surface area (Å²) in [6.45, 7) is 2.90. The molecule has 0 bridgehead atoms. The molecule has 0 unspecified atom stereocenters. The van der Waals surface area contributed by atoms with Gasteiger partial charge in [0, 0.05) is 25.2 Å². The molecule has 1 heterocycles. The van der Waals surface area contributed by atoms with Crippen LogP contribution in [0.1, 0.15) is 24.8 Å². The van der Waals surface area contributed by atoms with E-state index in [1.165, 1.54) is 12.8 Å². The third-order valence-corrected chi connectivity index (χ3v) is 3.60. The van der Waals surface area contributed by atoms with Crippen molar-refractivity contribution in [3.63, 3.8) is 0 Å². The Hall–Kier alpha value is -0.680. The lowest BCUT2D eigenvalue weighted by molar-refractivity contribution is 0.782. The van der Waals surface area contributed by atoms with Crippen LogP contribution in [0.25, 0.3) is 0 Å². The van der Waals surface area contributed by atoms with Crippen LogP contribution < -0.4 is 10.6 Å². The number of hydrogen-bond donors (Lipinski definition) is 1. The van der Waals surface area contributed by atoms with Crippen LogP contribution in [0.5, 0.6) is 0 Å². The summed E-state index contributed by atoms with van der Waals surface area (Å²) < 4.78 is 1.05. The molecular weight excluding hydrogens is 298 g/mol. The molecule has 3 nitrogen and oxygen atoms in total. The molecule has 0 radical (unpaired) electrons. The predicted octanol–water partition coefficient (Wildman–Crippen LogP) is 2.80. The lowest BCUT2D eigenvalue weighted by atomic mass is 10.3. The normalized spacial score (nSPS) is 14.7. The first-order valence-corrected chi connectivity index (χ1v) is 6.95. The number of pyridine rings is 1. The maximum absolute atomic E-state index is 5.57. The van der Waals surface area contributed by atoms with Crippen LogP contribution in [-0.4, -0.2) is 22.6 Å². The number of hydrogen-bond acceptors (Lipinski definition) is 3. The van der Waals surface area contributed by atoms with Crippen LogP contribution in [-0.2, 0) is 0 Å². The van der Waals surface area contributed by atoms with Crippen molar-refractivity contribution >= 4 is 39.0 Å². The fraction of sp³-hybridized carbons (Fsp3) is 0.500. The van der Waals surface area contributed by atoms with E-state index in [1.807, 2.05) is 13.1 Å². The second-order valence-electron chi connectivity index (χ2n) is 4.46. The van der Waals surface area contributed by atoms with Crippen molar-refractivity contribution in [3.8, 4) is 0 Å². The monoisotopic (exact) mass is 313 g/mol. The third kappa shape index (κ3) is 3.39. The minimum Gasteiger partial charge on any atom is -0.393 e. The standard InChI is InChI=1S/C12H16BrN3S/c1-8-6-10(13)12(15-7-8)16(9-2-3-9)5-4-11(14)17/h6-7,9H,2-5H2,1H3,(H2,14,17). The molecule has 0 spiro atoms. The molecule has 1 fully saturated rings. The number of aryl methyl sites for hydroxylation is 1. The van der Waals surface area contributed by atoms with E-state index in [0.717, 1.165) is 28.8 Å². The Labute approximate surface area is 116 Å². The van der Waals surface area contributed by atoms with Crippen molar-refractivity contribution in [2.45, 2.75) is 32.2 Å². The highest BCUT2D eigenvalue weighted by Gasteiger charge is 2.30. The molecule has 0 amide bonds. The van der Waals surface area contributed by atoms with Crippen LogP contribution in [0.3, 0.4) is 0 Å². The number of anilines is 1. The highest BCUT2D eigenvalue weighted by molar-refractivity contribution is 9.10. The van der Waals surface area contributed by atoms with E-state index in [4.69, 9.17) is 18.0 Å². The predicted molar refractivity (Wildman–Crippen MR) is 78.4 cm³/mol. The number of nitrogens with two attached hydrogens (primary N) is 1. The molecule has 5 heteroatoms. The molecule has 0 aliphatic heterocycles. The maximum atomic E-state index is 5.57. The van der Waals surface area contributed by atoms with Gasteiger partial charge < -0.3 is 10.6 Å². The van der Waals surface area contributed by atoms with Gasteiger partial charge in [0.15, 0.2) is 0 Å². The van der Waals surface area contributed by atoms with E-state index in [0.29, 0.717) is 11.0 Å². The molecule has 2 rings (SSSR count). The number of nitrogens with zero attached hydrogens (tertiary/aromatic N) is 2. The van der Waals surface area contributed by atoms with E-state index in [2.05, 4.69) is 31.9 Å². The van der Waals surface area contributed by atoms with Gasteiger partial charge in [0.2, 0.25) is 0 Å². The van der Waals surface area contributed by atoms with Crippen molar-refractivity contribution in [2.24, 2.45) is 5.73 Å². The van der Waals surface area contributed by atoms with Gasteiger partial charge in [-0.2, -0.15) is 0 Å². The lowest BCUT2D eigenvalue weighted by Crippen LogP contribution is -2.30. The largest absolute Gasteiger partial charge is 0.393 e. The second kappa shape index (κ2) is 5.31. The van der Waals surface area contributed by atoms with Gasteiger partial charge in [0.1, 0.15) is 5.82 Å². The van der Waals surface area contributed by atoms with Crippen molar-refractivity contribution in [1.82, 2.24) is 4.98 Å². The topological polar surface area (TPSA) is 42.2 Å². The van der Waals surface area contributed by atoms with Crippen LogP contribution in [0, 0.1) is 6.92 Å². The average molecular weight is 314 g/mol. The summed E-state index contributed by atoms with van der Waals surface area (Å²) >= 11 is 8.53. The molecule has 1 aromatic rings. The van der Waals surface area contributed by atoms with Gasteiger partial charge in [-0.15, -0.1) is 0 Å². The highest BCUT2D eigenvalue weighted by Crippen LogP contribution is 2.34. The Kier molecular flexibility index (Phi) is 3.99. The summed E-state index contributed by atoms with van der Waals surface area (Å²) in [4.78, 5) is 7.39. The first kappa shape index (κ1) is 12.8. The zero-order valence-corrected chi connectivity index (χ0v) is 12.2. The van der Waals surface area contributed by atoms with Gasteiger partial charge in [-0.1, -0.05) is 12.2 Å². The second-order valence-corrected chi connectivity index (χ2v) is 5.84. The van der Waals surface area contributed by atoms with Crippen LogP contribution in [0.15, 0.2) is 16.7 Å². The minimum atomic E-state index is 0.568. The zero-order valence-electron chi connectivity index (χ0n) is 9.82. The third-order valence-electron chi connectivity index (χ3n) is 2.82. The van der Waals surface area contributed by atoms with E-state index < -0.39 is 0 Å². The van der Waals surface area contributed by atoms with Crippen LogP contribution in [0.4, 0.5) is 5.82 Å². The summed E-state index contributed by atoms with van der Waals surface area (Å²) in [6.07, 6.45) is 5.11. The SMILES string of the molecule is Cc1cnc(N(CCC(N)=S)C2CC2)c(Br)c1. The van der Waals surface area contributed by atoms with Gasteiger partial charge >= 0.3 is 0 Å². The van der Waals surface area contributed by atoms with E-state index in [-0.39, 0.29) is 0 Å². The molecular formula is C12H16BrN3S. The van der Waals surface area contributed by atoms with Crippen molar-refractivity contribution in [1.29, 1.82) is 0 Å². The average Bonchev–Trinajstić information content (AvgIpc) is 3.04. The zero-order chi connectivity index (χ0) is 12.4. The quantitative estimate of drug-likeness (QED) is 0.849. The van der Waals surface area contributed by atoms with E-state index >= 15 is 0 Å². The molecule has 1 aliphatic rings. The van der Waals surface area contributed by atoms with Gasteiger partial charge in [0.25, 0.3) is 0 Å². The Morgan fingerprint density at radius 3 is 2.88 bits per heavy atom. The number of rotatable bonds is 5. The fourth-order valence-electron chi connectivity index (χ4n) is 1.82. The molecule has 2 N–H and O–H groups in total. The molecule has 17 heavy (non-hydrogen) atoms. The Morgan fingerprint density at radius 1 is 1.65 bits per heavy atom. The maximum Gasteiger partial charge on any atom is 0.143 e. The highest BCUT2D eigenvalue weighted by atomic mass is 79.9. The molecule has 0 atom stereocenters. The molecule has 92 valence electrons. The van der Waals surface area contributed by atoms with Crippen molar-refractivity contribution < 1.29 is 0 Å². The lowest BCUT2D eigenvalue weighted by Gasteiger charge is -2.24. The fourth-order valence-corrected chi connectivity index (χ4v) is 2.60. The van der Waals surface area contributed by atoms with Crippen molar-refractivity contribution in [2.75, 3.05) is 11.4 Å². The summed E-state index contributed by atoms with van der Waals surface area (Å²) in [5, 5.41) is 0. The van der Waals surface area contributed by atoms with Crippen molar-refractivity contribution in [3.05, 3.63) is 22.3 Å². The summed E-state index contributed by atoms with van der Waals surface area (Å²) in [7, 11) is 0. The van der Waals surface area contributed by atoms with Gasteiger partial charge in [-0.05, 0) is 47.3 Å². The van der Waals surface area contributed by atoms with E-state index in [9.17, 15) is 0 Å². The summed E-state index contributed by atoms with van der Waals surface area (Å²) in [6, 6.07) is 2.70. The molecule has 1 aliphatic carbocycles. The van der Waals surface area contributed by atoms with Crippen LogP contribution in [0.2, 0.25) is 0 Å². The summed E-state index contributed by atoms with van der Waals surface area (Å²) in [5.41, 5.74) is 6.73. The van der Waals surface area contributed by atoms with Gasteiger partial charge in [0.05, 0.1) is 9.46 Å². The number of halogens is 1. The summed E-state index contributed by atoms with van der Waals surface area (Å²) in [5.74, 6) is 1.01. The molecule has 0 aromatic carbocycles. The molecule has 1 aromatic heterocycles.